The van der Waals surface area contributed by atoms with Crippen molar-refractivity contribution in [3.05, 3.63) is 29.3 Å². The van der Waals surface area contributed by atoms with Gasteiger partial charge in [-0.15, -0.1) is 12.4 Å². The van der Waals surface area contributed by atoms with Gasteiger partial charge in [-0.1, -0.05) is 6.07 Å². The van der Waals surface area contributed by atoms with Crippen molar-refractivity contribution in [3.8, 4) is 5.75 Å². The van der Waals surface area contributed by atoms with Crippen LogP contribution in [-0.4, -0.2) is 144 Å². The average molecular weight is 594 g/mol. The molecule has 12 nitrogen and oxygen atoms in total. The molecule has 0 radical (unpaired) electrons. The molecule has 0 aliphatic heterocycles. The maximum Gasteiger partial charge on any atom is 0.119 e. The van der Waals surface area contributed by atoms with E-state index in [0.717, 1.165) is 11.1 Å². The minimum atomic E-state index is -1.86. The Morgan fingerprint density at radius 1 is 0.676 bits per heavy atom. The molecule has 37 heavy (non-hydrogen) atoms. The van der Waals surface area contributed by atoms with E-state index in [1.165, 1.54) is 4.90 Å². The van der Waals surface area contributed by atoms with E-state index in [9.17, 15) is 40.9 Å². The highest BCUT2D eigenvalue weighted by molar-refractivity contribution is 7.79. The molecule has 1 aromatic rings. The van der Waals surface area contributed by atoms with Crippen LogP contribution in [0.2, 0.25) is 0 Å². The van der Waals surface area contributed by atoms with Crippen LogP contribution in [0.15, 0.2) is 18.2 Å². The van der Waals surface area contributed by atoms with E-state index >= 15 is 0 Å². The van der Waals surface area contributed by atoms with Crippen LogP contribution in [0, 0.1) is 0 Å². The number of rotatable bonds is 18. The molecule has 0 unspecified atom stereocenters. The van der Waals surface area contributed by atoms with E-state index < -0.39 is 62.0 Å². The number of thiol groups is 2. The Morgan fingerprint density at radius 2 is 1.11 bits per heavy atom. The van der Waals surface area contributed by atoms with Crippen LogP contribution in [0.4, 0.5) is 0 Å². The molecule has 15 heteroatoms. The quantitative estimate of drug-likeness (QED) is 0.0748. The molecule has 1 aromatic carbocycles. The van der Waals surface area contributed by atoms with Crippen molar-refractivity contribution in [1.29, 1.82) is 0 Å². The van der Waals surface area contributed by atoms with Crippen molar-refractivity contribution in [2.75, 3.05) is 39.5 Å². The first-order valence-electron chi connectivity index (χ1n) is 11.4. The lowest BCUT2D eigenvalue weighted by Gasteiger charge is -2.33. The summed E-state index contributed by atoms with van der Waals surface area (Å²) >= 11 is 8.55. The molecule has 0 fully saturated rings. The summed E-state index contributed by atoms with van der Waals surface area (Å²) in [6.07, 6.45) is -14.1. The van der Waals surface area contributed by atoms with Gasteiger partial charge in [0.1, 0.15) is 49.0 Å². The summed E-state index contributed by atoms with van der Waals surface area (Å²) in [5.41, 5.74) is 1.91. The molecule has 10 N–H and O–H groups in total. The molecule has 218 valence electrons. The second-order valence-corrected chi connectivity index (χ2v) is 9.08. The molecular weight excluding hydrogens is 554 g/mol. The largest absolute Gasteiger partial charge is 0.492 e. The SMILES string of the molecule is Cl.OC[C@@H](O)[C@@H](O)[C@H](O)[C@H](O)CN(CCOc1ccc(CS)c(CS)c1)C[C@@H](O)[C@@H](O)[C@H](O)[C@H](O)CO. The third-order valence-electron chi connectivity index (χ3n) is 5.74. The topological polar surface area (TPSA) is 215 Å². The zero-order chi connectivity index (χ0) is 27.4. The maximum absolute atomic E-state index is 10.4. The normalized spacial score (nSPS) is 18.3. The van der Waals surface area contributed by atoms with Crippen LogP contribution in [0.3, 0.4) is 0 Å². The van der Waals surface area contributed by atoms with E-state index in [-0.39, 0.29) is 38.6 Å². The summed E-state index contributed by atoms with van der Waals surface area (Å²) in [4.78, 5) is 1.36. The molecule has 0 aromatic heterocycles. The number of benzene rings is 1. The van der Waals surface area contributed by atoms with E-state index in [2.05, 4.69) is 25.3 Å². The van der Waals surface area contributed by atoms with Gasteiger partial charge in [0.25, 0.3) is 0 Å². The number of aliphatic hydroxyl groups is 10. The van der Waals surface area contributed by atoms with E-state index in [0.29, 0.717) is 17.3 Å². The van der Waals surface area contributed by atoms with Crippen LogP contribution < -0.4 is 4.74 Å². The first-order valence-corrected chi connectivity index (χ1v) is 12.6. The number of hydrogen-bond donors (Lipinski definition) is 12. The average Bonchev–Trinajstić information content (AvgIpc) is 2.89. The highest BCUT2D eigenvalue weighted by Gasteiger charge is 2.34. The van der Waals surface area contributed by atoms with Crippen LogP contribution in [0.1, 0.15) is 11.1 Å². The highest BCUT2D eigenvalue weighted by Crippen LogP contribution is 2.21. The maximum atomic E-state index is 10.4. The fourth-order valence-corrected chi connectivity index (χ4v) is 4.02. The molecule has 0 aliphatic carbocycles. The summed E-state index contributed by atoms with van der Waals surface area (Å²) in [7, 11) is 0. The van der Waals surface area contributed by atoms with Gasteiger partial charge in [0.15, 0.2) is 0 Å². The predicted octanol–water partition coefficient (Wildman–Crippen LogP) is -3.48. The smallest absolute Gasteiger partial charge is 0.119 e. The molecule has 8 atom stereocenters. The zero-order valence-electron chi connectivity index (χ0n) is 20.1. The zero-order valence-corrected chi connectivity index (χ0v) is 22.7. The van der Waals surface area contributed by atoms with Crippen molar-refractivity contribution in [3.63, 3.8) is 0 Å². The molecular formula is C22H40ClNO11S2. The first kappa shape index (κ1) is 36.6. The number of halogens is 1. The second-order valence-electron chi connectivity index (χ2n) is 8.45. The monoisotopic (exact) mass is 593 g/mol. The van der Waals surface area contributed by atoms with Gasteiger partial charge in [-0.2, -0.15) is 25.3 Å². The standard InChI is InChI=1S/C22H39NO11S2.ClH/c24-8-17(28)21(32)19(30)15(26)6-23(7-16(27)20(31)22(33)18(29)9-25)3-4-34-14-2-1-12(10-35)13(5-14)11-36;/h1-2,5,15-22,24-33,35-36H,3-4,6-11H2;1H/t15-,16-,17-,18-,19-,20-,21-,22-;/m1./s1. The predicted molar refractivity (Wildman–Crippen MR) is 143 cm³/mol. The Morgan fingerprint density at radius 3 is 1.51 bits per heavy atom. The summed E-state index contributed by atoms with van der Waals surface area (Å²) < 4.78 is 5.74. The Kier molecular flexibility index (Phi) is 18.6. The fraction of sp³-hybridized carbons (Fsp3) is 0.727. The van der Waals surface area contributed by atoms with Gasteiger partial charge >= 0.3 is 0 Å². The molecule has 0 saturated heterocycles. The lowest BCUT2D eigenvalue weighted by atomic mass is 10.0. The van der Waals surface area contributed by atoms with Crippen LogP contribution in [0.5, 0.6) is 5.75 Å². The Balaban J connectivity index is 0.0000130. The molecule has 0 heterocycles. The minimum Gasteiger partial charge on any atom is -0.492 e. The Bertz CT molecular complexity index is 727. The number of ether oxygens (including phenoxy) is 1. The molecule has 0 aliphatic rings. The molecule has 0 spiro atoms. The second kappa shape index (κ2) is 18.8. The van der Waals surface area contributed by atoms with Crippen LogP contribution in [0.25, 0.3) is 0 Å². The lowest BCUT2D eigenvalue weighted by molar-refractivity contribution is -0.130. The van der Waals surface area contributed by atoms with Gasteiger partial charge in [0.2, 0.25) is 0 Å². The minimum absolute atomic E-state index is 0. The van der Waals surface area contributed by atoms with Gasteiger partial charge < -0.3 is 55.8 Å². The highest BCUT2D eigenvalue weighted by atomic mass is 35.5. The summed E-state index contributed by atoms with van der Waals surface area (Å²) in [6, 6.07) is 5.37. The number of hydrogen-bond acceptors (Lipinski definition) is 14. The van der Waals surface area contributed by atoms with Crippen molar-refractivity contribution < 1.29 is 55.8 Å². The van der Waals surface area contributed by atoms with Gasteiger partial charge in [-0.25, -0.2) is 0 Å². The van der Waals surface area contributed by atoms with Crippen LogP contribution in [-0.2, 0) is 11.5 Å². The number of aliphatic hydroxyl groups excluding tert-OH is 10. The molecule has 1 rings (SSSR count). The summed E-state index contributed by atoms with van der Waals surface area (Å²) in [5, 5.41) is 97.7. The first-order chi connectivity index (χ1) is 17.0. The Hall–Kier alpha value is -0.430. The van der Waals surface area contributed by atoms with Gasteiger partial charge in [0.05, 0.1) is 25.4 Å². The van der Waals surface area contributed by atoms with E-state index in [4.69, 9.17) is 14.9 Å². The van der Waals surface area contributed by atoms with Gasteiger partial charge in [0, 0.05) is 31.1 Å². The van der Waals surface area contributed by atoms with Crippen molar-refractivity contribution >= 4 is 37.7 Å². The third kappa shape index (κ3) is 11.7. The lowest BCUT2D eigenvalue weighted by Crippen LogP contribution is -2.53. The summed E-state index contributed by atoms with van der Waals surface area (Å²) in [5.74, 6) is 1.52. The third-order valence-corrected chi connectivity index (χ3v) is 6.42. The van der Waals surface area contributed by atoms with Crippen LogP contribution >= 0.6 is 37.7 Å². The van der Waals surface area contributed by atoms with Crippen molar-refractivity contribution in [1.82, 2.24) is 4.90 Å². The fourth-order valence-electron chi connectivity index (χ4n) is 3.41. The van der Waals surface area contributed by atoms with Gasteiger partial charge in [-0.05, 0) is 23.3 Å². The van der Waals surface area contributed by atoms with E-state index in [1.807, 2.05) is 6.07 Å². The number of nitrogens with zero attached hydrogens (tertiary/aromatic N) is 1. The van der Waals surface area contributed by atoms with Gasteiger partial charge in [-0.3, -0.25) is 4.90 Å². The molecule has 0 saturated carbocycles. The summed E-state index contributed by atoms with van der Waals surface area (Å²) in [6.45, 7) is -2.38. The van der Waals surface area contributed by atoms with Crippen molar-refractivity contribution in [2.45, 2.75) is 60.3 Å². The van der Waals surface area contributed by atoms with Crippen molar-refractivity contribution in [2.24, 2.45) is 0 Å². The Labute approximate surface area is 233 Å². The molecule has 0 amide bonds. The molecule has 0 bridgehead atoms. The van der Waals surface area contributed by atoms with E-state index in [1.54, 1.807) is 12.1 Å².